The summed E-state index contributed by atoms with van der Waals surface area (Å²) in [4.78, 5) is 28.8. The summed E-state index contributed by atoms with van der Waals surface area (Å²) in [5.41, 5.74) is 1.14. The van der Waals surface area contributed by atoms with Crippen LogP contribution in [0.15, 0.2) is 83.8 Å². The molecule has 0 fully saturated rings. The van der Waals surface area contributed by atoms with Crippen molar-refractivity contribution in [3.8, 4) is 11.5 Å². The lowest BCUT2D eigenvalue weighted by Crippen LogP contribution is -2.53. The minimum absolute atomic E-state index is 0.0667. The maximum atomic E-state index is 14.1. The fraction of sp³-hybridized carbons (Fsp3) is 0.355. The molecule has 0 bridgehead atoms. The molecule has 0 unspecified atom stereocenters. The van der Waals surface area contributed by atoms with E-state index in [1.807, 2.05) is 51.1 Å². The zero-order valence-corrected chi connectivity index (χ0v) is 25.1. The first-order chi connectivity index (χ1) is 19.7. The second-order valence-electron chi connectivity index (χ2n) is 9.61. The third-order valence-electron chi connectivity index (χ3n) is 6.85. The molecule has 2 amide bonds. The van der Waals surface area contributed by atoms with E-state index in [4.69, 9.17) is 9.47 Å². The Hall–Kier alpha value is -4.05. The van der Waals surface area contributed by atoms with Crippen LogP contribution >= 0.6 is 0 Å². The fourth-order valence-electron chi connectivity index (χ4n) is 4.37. The number of methoxy groups -OCH3 is 2. The molecule has 41 heavy (non-hydrogen) atoms. The predicted molar refractivity (Wildman–Crippen MR) is 159 cm³/mol. The third kappa shape index (κ3) is 7.79. The van der Waals surface area contributed by atoms with Crippen LogP contribution in [0.3, 0.4) is 0 Å². The van der Waals surface area contributed by atoms with Crippen LogP contribution in [0.2, 0.25) is 0 Å². The van der Waals surface area contributed by atoms with Crippen LogP contribution in [-0.4, -0.2) is 58.0 Å². The van der Waals surface area contributed by atoms with Crippen molar-refractivity contribution in [2.24, 2.45) is 0 Å². The summed E-state index contributed by atoms with van der Waals surface area (Å²) in [5.74, 6) is -0.166. The van der Waals surface area contributed by atoms with Gasteiger partial charge in [0.1, 0.15) is 12.6 Å². The summed E-state index contributed by atoms with van der Waals surface area (Å²) in [6.07, 6.45) is 1.09. The first kappa shape index (κ1) is 31.5. The van der Waals surface area contributed by atoms with E-state index in [9.17, 15) is 18.0 Å². The van der Waals surface area contributed by atoms with E-state index in [1.54, 1.807) is 30.3 Å². The van der Waals surface area contributed by atoms with E-state index < -0.39 is 28.5 Å². The van der Waals surface area contributed by atoms with Gasteiger partial charge in [-0.3, -0.25) is 13.9 Å². The molecule has 2 atom stereocenters. The second-order valence-corrected chi connectivity index (χ2v) is 11.5. The van der Waals surface area contributed by atoms with Gasteiger partial charge >= 0.3 is 0 Å². The predicted octanol–water partition coefficient (Wildman–Crippen LogP) is 4.62. The van der Waals surface area contributed by atoms with Gasteiger partial charge in [-0.15, -0.1) is 0 Å². The van der Waals surface area contributed by atoms with Gasteiger partial charge in [0.25, 0.3) is 10.0 Å². The molecule has 0 aromatic heterocycles. The number of hydrogen-bond acceptors (Lipinski definition) is 6. The first-order valence-electron chi connectivity index (χ1n) is 13.6. The van der Waals surface area contributed by atoms with Gasteiger partial charge in [0.2, 0.25) is 11.8 Å². The normalized spacial score (nSPS) is 12.6. The van der Waals surface area contributed by atoms with Crippen molar-refractivity contribution in [2.75, 3.05) is 25.1 Å². The number of carbonyl (C=O) groups is 2. The summed E-state index contributed by atoms with van der Waals surface area (Å²) >= 11 is 0. The van der Waals surface area contributed by atoms with Gasteiger partial charge in [0.05, 0.1) is 24.8 Å². The molecule has 0 aliphatic heterocycles. The number of amides is 2. The maximum absolute atomic E-state index is 14.1. The quantitative estimate of drug-likeness (QED) is 0.298. The minimum Gasteiger partial charge on any atom is -0.493 e. The topological polar surface area (TPSA) is 105 Å². The Morgan fingerprint density at radius 1 is 0.854 bits per heavy atom. The van der Waals surface area contributed by atoms with Crippen LogP contribution in [0.4, 0.5) is 5.69 Å². The lowest BCUT2D eigenvalue weighted by atomic mass is 10.1. The van der Waals surface area contributed by atoms with E-state index in [0.29, 0.717) is 17.9 Å². The van der Waals surface area contributed by atoms with Gasteiger partial charge < -0.3 is 19.7 Å². The van der Waals surface area contributed by atoms with Gasteiger partial charge in [0, 0.05) is 18.7 Å². The molecule has 0 heterocycles. The van der Waals surface area contributed by atoms with Crippen LogP contribution in [-0.2, 0) is 26.2 Å². The number of anilines is 1. The van der Waals surface area contributed by atoms with Gasteiger partial charge in [-0.2, -0.15) is 0 Å². The molecule has 0 aliphatic rings. The van der Waals surface area contributed by atoms with Gasteiger partial charge in [-0.05, 0) is 49.6 Å². The lowest BCUT2D eigenvalue weighted by Gasteiger charge is -2.33. The van der Waals surface area contributed by atoms with E-state index >= 15 is 0 Å². The maximum Gasteiger partial charge on any atom is 0.264 e. The molecule has 9 nitrogen and oxygen atoms in total. The standard InChI is InChI=1S/C31H39N3O6S/c1-6-23(3)32-31(36)27(7-2)33(21-24-14-10-8-11-15-24)30(35)22-34(25-16-12-9-13-17-25)41(37,38)26-18-19-28(39-4)29(20-26)40-5/h8-20,23,27H,6-7,21-22H2,1-5H3,(H,32,36)/t23-,27-/m0/s1. The molecule has 3 aromatic carbocycles. The van der Waals surface area contributed by atoms with Crippen LogP contribution in [0.25, 0.3) is 0 Å². The van der Waals surface area contributed by atoms with E-state index in [-0.39, 0.29) is 29.1 Å². The number of rotatable bonds is 14. The number of nitrogens with one attached hydrogen (secondary N) is 1. The number of carbonyl (C=O) groups excluding carboxylic acids is 2. The molecule has 0 aliphatic carbocycles. The Labute approximate surface area is 243 Å². The van der Waals surface area contributed by atoms with Crippen molar-refractivity contribution in [1.82, 2.24) is 10.2 Å². The molecule has 0 radical (unpaired) electrons. The molecule has 3 aromatic rings. The van der Waals surface area contributed by atoms with E-state index in [0.717, 1.165) is 16.3 Å². The third-order valence-corrected chi connectivity index (χ3v) is 8.62. The van der Waals surface area contributed by atoms with Crippen molar-refractivity contribution >= 4 is 27.5 Å². The molecule has 220 valence electrons. The van der Waals surface area contributed by atoms with Crippen molar-refractivity contribution in [3.05, 3.63) is 84.4 Å². The Kier molecular flexibility index (Phi) is 11.2. The Morgan fingerprint density at radius 3 is 2.02 bits per heavy atom. The van der Waals surface area contributed by atoms with Gasteiger partial charge in [-0.1, -0.05) is 62.4 Å². The summed E-state index contributed by atoms with van der Waals surface area (Å²) < 4.78 is 39.8. The van der Waals surface area contributed by atoms with Gasteiger partial charge in [0.15, 0.2) is 11.5 Å². The lowest BCUT2D eigenvalue weighted by molar-refractivity contribution is -0.140. The largest absolute Gasteiger partial charge is 0.493 e. The minimum atomic E-state index is -4.24. The smallest absolute Gasteiger partial charge is 0.264 e. The average molecular weight is 582 g/mol. The molecule has 0 spiro atoms. The Bertz CT molecular complexity index is 1400. The van der Waals surface area contributed by atoms with Crippen molar-refractivity contribution in [3.63, 3.8) is 0 Å². The fourth-order valence-corrected chi connectivity index (χ4v) is 5.80. The van der Waals surface area contributed by atoms with E-state index in [2.05, 4.69) is 5.32 Å². The summed E-state index contributed by atoms with van der Waals surface area (Å²) in [6.45, 7) is 5.34. The van der Waals surface area contributed by atoms with Crippen molar-refractivity contribution in [1.29, 1.82) is 0 Å². The Morgan fingerprint density at radius 2 is 1.46 bits per heavy atom. The molecule has 1 N–H and O–H groups in total. The average Bonchev–Trinajstić information content (AvgIpc) is 2.99. The number of para-hydroxylation sites is 1. The molecule has 0 saturated carbocycles. The highest BCUT2D eigenvalue weighted by Gasteiger charge is 2.34. The molecule has 3 rings (SSSR count). The van der Waals surface area contributed by atoms with Gasteiger partial charge in [-0.25, -0.2) is 8.42 Å². The summed E-state index contributed by atoms with van der Waals surface area (Å²) in [6, 6.07) is 21.2. The highest BCUT2D eigenvalue weighted by atomic mass is 32.2. The summed E-state index contributed by atoms with van der Waals surface area (Å²) in [5, 5.41) is 2.98. The van der Waals surface area contributed by atoms with Crippen LogP contribution in [0, 0.1) is 0 Å². The second kappa shape index (κ2) is 14.5. The van der Waals surface area contributed by atoms with Crippen LogP contribution in [0.5, 0.6) is 11.5 Å². The number of ether oxygens (including phenoxy) is 2. The van der Waals surface area contributed by atoms with E-state index in [1.165, 1.54) is 37.3 Å². The SMILES string of the molecule is CC[C@H](C)NC(=O)[C@H](CC)N(Cc1ccccc1)C(=O)CN(c1ccccc1)S(=O)(=O)c1ccc(OC)c(OC)c1. The molecule has 0 saturated heterocycles. The number of hydrogen-bond donors (Lipinski definition) is 1. The first-order valence-corrected chi connectivity index (χ1v) is 15.0. The zero-order valence-electron chi connectivity index (χ0n) is 24.2. The molecular formula is C31H39N3O6S. The summed E-state index contributed by atoms with van der Waals surface area (Å²) in [7, 11) is -1.36. The zero-order chi connectivity index (χ0) is 30.0. The highest BCUT2D eigenvalue weighted by molar-refractivity contribution is 7.92. The van der Waals surface area contributed by atoms with Crippen LogP contribution < -0.4 is 19.1 Å². The van der Waals surface area contributed by atoms with Crippen molar-refractivity contribution < 1.29 is 27.5 Å². The molecular weight excluding hydrogens is 542 g/mol. The van der Waals surface area contributed by atoms with Crippen LogP contribution in [0.1, 0.15) is 39.2 Å². The molecule has 10 heteroatoms. The number of sulfonamides is 1. The highest BCUT2D eigenvalue weighted by Crippen LogP contribution is 2.32. The van der Waals surface area contributed by atoms with Crippen molar-refractivity contribution in [2.45, 2.75) is 57.1 Å². The number of nitrogens with zero attached hydrogens (tertiary/aromatic N) is 2. The Balaban J connectivity index is 2.06. The monoisotopic (exact) mass is 581 g/mol. The number of benzene rings is 3.